The number of rotatable bonds is 8. The Morgan fingerprint density at radius 1 is 1.21 bits per heavy atom. The molecular weight excluding hydrogens is 342 g/mol. The van der Waals surface area contributed by atoms with Gasteiger partial charge >= 0.3 is 0 Å². The summed E-state index contributed by atoms with van der Waals surface area (Å²) in [5.41, 5.74) is 1.07. The zero-order chi connectivity index (χ0) is 17.4. The minimum atomic E-state index is -1.03. The number of unbranched alkanes of at least 4 members (excludes halogenated alkanes) is 2. The van der Waals surface area contributed by atoms with Crippen molar-refractivity contribution in [1.29, 1.82) is 0 Å². The molecule has 1 saturated heterocycles. The van der Waals surface area contributed by atoms with Crippen molar-refractivity contribution < 1.29 is 14.7 Å². The van der Waals surface area contributed by atoms with E-state index in [1.54, 1.807) is 11.0 Å². The van der Waals surface area contributed by atoms with E-state index < -0.39 is 5.97 Å². The molecule has 1 aliphatic rings. The maximum absolute atomic E-state index is 12.3. The number of carboxylic acids is 1. The van der Waals surface area contributed by atoms with E-state index in [0.29, 0.717) is 22.2 Å². The first kappa shape index (κ1) is 18.4. The number of thioether (sulfide) groups is 1. The van der Waals surface area contributed by atoms with Crippen molar-refractivity contribution in [3.63, 3.8) is 0 Å². The van der Waals surface area contributed by atoms with Crippen LogP contribution < -0.4 is 5.11 Å². The van der Waals surface area contributed by atoms with Gasteiger partial charge in [-0.2, -0.15) is 0 Å². The standard InChI is InChI=1S/C18H19NO3S2/c20-16(21)12-5-2-6-13-19-17(22)15(24-18(19)23)11-7-10-14-8-3-1-4-9-14/h1,3-4,7-11H,2,5-6,12-13H2,(H,20,21)/p-1/b10-7+,15-11+. The van der Waals surface area contributed by atoms with Crippen LogP contribution in [0.15, 0.2) is 47.4 Å². The second kappa shape index (κ2) is 9.39. The maximum Gasteiger partial charge on any atom is 0.266 e. The molecule has 0 N–H and O–H groups in total. The first-order valence-electron chi connectivity index (χ1n) is 7.75. The fourth-order valence-corrected chi connectivity index (χ4v) is 3.49. The van der Waals surface area contributed by atoms with Crippen molar-refractivity contribution in [2.75, 3.05) is 6.54 Å². The van der Waals surface area contributed by atoms with E-state index in [2.05, 4.69) is 0 Å². The number of hydrogen-bond donors (Lipinski definition) is 0. The zero-order valence-corrected chi connectivity index (χ0v) is 14.8. The molecular formula is C18H18NO3S2-. The van der Waals surface area contributed by atoms with Crippen LogP contribution in [0.3, 0.4) is 0 Å². The number of allylic oxidation sites excluding steroid dienone is 2. The molecule has 0 spiro atoms. The number of nitrogens with zero attached hydrogens (tertiary/aromatic N) is 1. The molecule has 2 rings (SSSR count). The van der Waals surface area contributed by atoms with Crippen LogP contribution in [-0.2, 0) is 9.59 Å². The Kier molecular flexibility index (Phi) is 7.21. The molecule has 1 aromatic carbocycles. The number of aliphatic carboxylic acids is 1. The van der Waals surface area contributed by atoms with E-state index in [1.807, 2.05) is 42.5 Å². The minimum absolute atomic E-state index is 0.0581. The Balaban J connectivity index is 1.85. The first-order valence-corrected chi connectivity index (χ1v) is 8.97. The van der Waals surface area contributed by atoms with Crippen molar-refractivity contribution >= 4 is 46.3 Å². The van der Waals surface area contributed by atoms with Gasteiger partial charge in [0.05, 0.1) is 4.91 Å². The van der Waals surface area contributed by atoms with Crippen LogP contribution in [0.5, 0.6) is 0 Å². The topological polar surface area (TPSA) is 60.4 Å². The smallest absolute Gasteiger partial charge is 0.266 e. The summed E-state index contributed by atoms with van der Waals surface area (Å²) >= 11 is 6.56. The normalized spacial score (nSPS) is 16.5. The van der Waals surface area contributed by atoms with Crippen molar-refractivity contribution in [2.45, 2.75) is 25.7 Å². The van der Waals surface area contributed by atoms with Gasteiger partial charge in [-0.25, -0.2) is 0 Å². The van der Waals surface area contributed by atoms with E-state index in [4.69, 9.17) is 12.2 Å². The molecule has 0 aliphatic carbocycles. The fourth-order valence-electron chi connectivity index (χ4n) is 2.23. The van der Waals surface area contributed by atoms with E-state index >= 15 is 0 Å². The van der Waals surface area contributed by atoms with Gasteiger partial charge in [-0.3, -0.25) is 9.69 Å². The SMILES string of the molecule is O=C([O-])CCCCCN1C(=O)/C(=C\C=C\c2ccccc2)SC1=S. The Bertz CT molecular complexity index is 668. The Morgan fingerprint density at radius 3 is 2.67 bits per heavy atom. The summed E-state index contributed by atoms with van der Waals surface area (Å²) < 4.78 is 0.555. The zero-order valence-electron chi connectivity index (χ0n) is 13.1. The fraction of sp³-hybridized carbons (Fsp3) is 0.278. The van der Waals surface area contributed by atoms with Gasteiger partial charge in [-0.15, -0.1) is 0 Å². The third-order valence-corrected chi connectivity index (χ3v) is 4.87. The Hall–Kier alpha value is -1.92. The Morgan fingerprint density at radius 2 is 1.96 bits per heavy atom. The molecule has 1 fully saturated rings. The number of carbonyl (C=O) groups is 2. The third-order valence-electron chi connectivity index (χ3n) is 3.47. The summed E-state index contributed by atoms with van der Waals surface area (Å²) in [6.45, 7) is 0.525. The molecule has 0 unspecified atom stereocenters. The second-order valence-electron chi connectivity index (χ2n) is 5.31. The largest absolute Gasteiger partial charge is 0.550 e. The van der Waals surface area contributed by atoms with Crippen LogP contribution in [0.4, 0.5) is 0 Å². The van der Waals surface area contributed by atoms with Gasteiger partial charge in [-0.05, 0) is 30.9 Å². The quantitative estimate of drug-likeness (QED) is 0.405. The van der Waals surface area contributed by atoms with Gasteiger partial charge in [0.1, 0.15) is 4.32 Å². The molecule has 0 radical (unpaired) electrons. The van der Waals surface area contributed by atoms with E-state index in [-0.39, 0.29) is 12.3 Å². The molecule has 24 heavy (non-hydrogen) atoms. The van der Waals surface area contributed by atoms with Crippen LogP contribution in [0, 0.1) is 0 Å². The van der Waals surface area contributed by atoms with Gasteiger partial charge in [0.25, 0.3) is 5.91 Å². The van der Waals surface area contributed by atoms with Crippen LogP contribution in [0.1, 0.15) is 31.2 Å². The summed E-state index contributed by atoms with van der Waals surface area (Å²) in [6.07, 6.45) is 7.65. The molecule has 0 saturated carbocycles. The summed E-state index contributed by atoms with van der Waals surface area (Å²) in [7, 11) is 0. The lowest BCUT2D eigenvalue weighted by Gasteiger charge is -2.14. The van der Waals surface area contributed by atoms with Crippen LogP contribution in [0.2, 0.25) is 0 Å². The molecule has 0 aromatic heterocycles. The number of benzene rings is 1. The molecule has 1 aromatic rings. The van der Waals surface area contributed by atoms with Gasteiger partial charge in [0, 0.05) is 12.5 Å². The molecule has 1 aliphatic heterocycles. The highest BCUT2D eigenvalue weighted by Gasteiger charge is 2.30. The predicted octanol–water partition coefficient (Wildman–Crippen LogP) is 2.75. The highest BCUT2D eigenvalue weighted by molar-refractivity contribution is 8.26. The lowest BCUT2D eigenvalue weighted by molar-refractivity contribution is -0.305. The molecule has 0 bridgehead atoms. The molecule has 4 nitrogen and oxygen atoms in total. The molecule has 126 valence electrons. The van der Waals surface area contributed by atoms with E-state index in [0.717, 1.165) is 18.4 Å². The predicted molar refractivity (Wildman–Crippen MR) is 98.9 cm³/mol. The Labute approximate surface area is 151 Å². The molecule has 1 heterocycles. The van der Waals surface area contributed by atoms with E-state index in [1.165, 1.54) is 11.8 Å². The van der Waals surface area contributed by atoms with Gasteiger partial charge in [0.15, 0.2) is 0 Å². The summed E-state index contributed by atoms with van der Waals surface area (Å²) in [4.78, 5) is 24.9. The van der Waals surface area contributed by atoms with Crippen LogP contribution in [-0.4, -0.2) is 27.6 Å². The summed E-state index contributed by atoms with van der Waals surface area (Å²) in [5, 5.41) is 10.4. The van der Waals surface area contributed by atoms with Crippen molar-refractivity contribution in [2.24, 2.45) is 0 Å². The molecule has 1 amide bonds. The summed E-state index contributed by atoms with van der Waals surface area (Å²) in [5.74, 6) is -1.11. The van der Waals surface area contributed by atoms with Crippen LogP contribution >= 0.6 is 24.0 Å². The monoisotopic (exact) mass is 360 g/mol. The van der Waals surface area contributed by atoms with Crippen molar-refractivity contribution in [3.8, 4) is 0 Å². The average molecular weight is 360 g/mol. The van der Waals surface area contributed by atoms with Crippen molar-refractivity contribution in [3.05, 3.63) is 53.0 Å². The highest BCUT2D eigenvalue weighted by Crippen LogP contribution is 2.31. The number of carboxylic acid groups (broad SMARTS) is 1. The number of amides is 1. The van der Waals surface area contributed by atoms with Crippen molar-refractivity contribution in [1.82, 2.24) is 4.90 Å². The number of carbonyl (C=O) groups excluding carboxylic acids is 2. The highest BCUT2D eigenvalue weighted by atomic mass is 32.2. The minimum Gasteiger partial charge on any atom is -0.550 e. The summed E-state index contributed by atoms with van der Waals surface area (Å²) in [6, 6.07) is 9.85. The maximum atomic E-state index is 12.3. The number of hydrogen-bond acceptors (Lipinski definition) is 5. The van der Waals surface area contributed by atoms with Gasteiger partial charge in [0.2, 0.25) is 0 Å². The number of thiocarbonyl (C=S) groups is 1. The lowest BCUT2D eigenvalue weighted by atomic mass is 10.2. The van der Waals surface area contributed by atoms with Gasteiger partial charge < -0.3 is 9.90 Å². The second-order valence-corrected chi connectivity index (χ2v) is 6.98. The molecule has 0 atom stereocenters. The van der Waals surface area contributed by atoms with Crippen LogP contribution in [0.25, 0.3) is 6.08 Å². The molecule has 6 heteroatoms. The third kappa shape index (κ3) is 5.62. The lowest BCUT2D eigenvalue weighted by Crippen LogP contribution is -2.29. The van der Waals surface area contributed by atoms with Gasteiger partial charge in [-0.1, -0.05) is 72.9 Å². The average Bonchev–Trinajstić information content (AvgIpc) is 2.82. The van der Waals surface area contributed by atoms with E-state index in [9.17, 15) is 14.7 Å². The first-order chi connectivity index (χ1) is 11.6.